The van der Waals surface area contributed by atoms with E-state index in [-0.39, 0.29) is 35.3 Å². The Labute approximate surface area is 162 Å². The van der Waals surface area contributed by atoms with Gasteiger partial charge in [0.15, 0.2) is 5.96 Å². The van der Waals surface area contributed by atoms with E-state index in [1.807, 2.05) is 31.9 Å². The van der Waals surface area contributed by atoms with Crippen molar-refractivity contribution < 1.29 is 4.79 Å². The molecule has 1 rings (SSSR count). The molecule has 0 spiro atoms. The summed E-state index contributed by atoms with van der Waals surface area (Å²) in [5, 5.41) is 6.64. The summed E-state index contributed by atoms with van der Waals surface area (Å²) in [6.45, 7) is 5.22. The van der Waals surface area contributed by atoms with E-state index < -0.39 is 0 Å². The molecule has 23 heavy (non-hydrogen) atoms. The highest BCUT2D eigenvalue weighted by molar-refractivity contribution is 14.0. The lowest BCUT2D eigenvalue weighted by Crippen LogP contribution is -2.49. The van der Waals surface area contributed by atoms with E-state index in [0.29, 0.717) is 6.54 Å². The van der Waals surface area contributed by atoms with Crippen LogP contribution in [0.15, 0.2) is 17.6 Å². The SMILES string of the molecule is C=CCSCCNC(=NC)NCC1(C(=O)N(C)C)CCCC1.I. The van der Waals surface area contributed by atoms with Crippen molar-refractivity contribution in [3.63, 3.8) is 0 Å². The van der Waals surface area contributed by atoms with Crippen molar-refractivity contribution in [3.05, 3.63) is 12.7 Å². The number of nitrogens with zero attached hydrogens (tertiary/aromatic N) is 2. The second-order valence-electron chi connectivity index (χ2n) is 5.90. The molecule has 1 fully saturated rings. The Kier molecular flexibility index (Phi) is 11.8. The summed E-state index contributed by atoms with van der Waals surface area (Å²) < 4.78 is 0. The molecule has 1 aliphatic carbocycles. The summed E-state index contributed by atoms with van der Waals surface area (Å²) in [5.41, 5.74) is -0.265. The summed E-state index contributed by atoms with van der Waals surface area (Å²) in [6, 6.07) is 0. The summed E-state index contributed by atoms with van der Waals surface area (Å²) in [6.07, 6.45) is 6.10. The van der Waals surface area contributed by atoms with Crippen LogP contribution in [0.3, 0.4) is 0 Å². The molecule has 1 aliphatic rings. The van der Waals surface area contributed by atoms with Crippen LogP contribution in [0.5, 0.6) is 0 Å². The topological polar surface area (TPSA) is 56.7 Å². The highest BCUT2D eigenvalue weighted by Gasteiger charge is 2.42. The van der Waals surface area contributed by atoms with Gasteiger partial charge in [-0.1, -0.05) is 18.9 Å². The number of aliphatic imine (C=N–C) groups is 1. The molecular weight excluding hydrogens is 423 g/mol. The molecular formula is C16H31IN4OS. The molecule has 2 N–H and O–H groups in total. The quantitative estimate of drug-likeness (QED) is 0.194. The highest BCUT2D eigenvalue weighted by atomic mass is 127. The predicted octanol–water partition coefficient (Wildman–Crippen LogP) is 2.34. The number of amides is 1. The molecule has 134 valence electrons. The fourth-order valence-corrected chi connectivity index (χ4v) is 3.45. The first kappa shape index (κ1) is 22.6. The van der Waals surface area contributed by atoms with E-state index >= 15 is 0 Å². The van der Waals surface area contributed by atoms with Crippen LogP contribution < -0.4 is 10.6 Å². The highest BCUT2D eigenvalue weighted by Crippen LogP contribution is 2.38. The first-order valence-electron chi connectivity index (χ1n) is 7.90. The minimum atomic E-state index is -0.265. The monoisotopic (exact) mass is 454 g/mol. The van der Waals surface area contributed by atoms with Gasteiger partial charge in [-0.05, 0) is 12.8 Å². The van der Waals surface area contributed by atoms with Crippen LogP contribution in [0.4, 0.5) is 0 Å². The predicted molar refractivity (Wildman–Crippen MR) is 112 cm³/mol. The van der Waals surface area contributed by atoms with Gasteiger partial charge in [0.25, 0.3) is 0 Å². The van der Waals surface area contributed by atoms with Crippen molar-refractivity contribution in [3.8, 4) is 0 Å². The van der Waals surface area contributed by atoms with Crippen molar-refractivity contribution >= 4 is 47.6 Å². The third-order valence-electron chi connectivity index (χ3n) is 4.01. The van der Waals surface area contributed by atoms with Gasteiger partial charge in [0.05, 0.1) is 5.41 Å². The molecule has 0 aromatic carbocycles. The molecule has 0 radical (unpaired) electrons. The number of hydrogen-bond acceptors (Lipinski definition) is 3. The number of thioether (sulfide) groups is 1. The van der Waals surface area contributed by atoms with Crippen LogP contribution in [0.1, 0.15) is 25.7 Å². The number of halogens is 1. The Morgan fingerprint density at radius 2 is 2.00 bits per heavy atom. The van der Waals surface area contributed by atoms with Crippen molar-refractivity contribution in [2.75, 3.05) is 45.7 Å². The van der Waals surface area contributed by atoms with E-state index in [4.69, 9.17) is 0 Å². The van der Waals surface area contributed by atoms with Gasteiger partial charge in [0.1, 0.15) is 0 Å². The number of carbonyl (C=O) groups excluding carboxylic acids is 1. The van der Waals surface area contributed by atoms with E-state index in [1.165, 1.54) is 0 Å². The first-order valence-corrected chi connectivity index (χ1v) is 9.06. The van der Waals surface area contributed by atoms with Crippen LogP contribution in [0.25, 0.3) is 0 Å². The maximum atomic E-state index is 12.5. The van der Waals surface area contributed by atoms with Crippen LogP contribution in [-0.2, 0) is 4.79 Å². The van der Waals surface area contributed by atoms with Gasteiger partial charge in [-0.15, -0.1) is 30.6 Å². The normalized spacial score (nSPS) is 16.4. The van der Waals surface area contributed by atoms with Crippen LogP contribution in [0.2, 0.25) is 0 Å². The zero-order chi connectivity index (χ0) is 16.4. The average Bonchev–Trinajstić information content (AvgIpc) is 2.99. The van der Waals surface area contributed by atoms with Gasteiger partial charge < -0.3 is 15.5 Å². The van der Waals surface area contributed by atoms with Gasteiger partial charge in [-0.25, -0.2) is 0 Å². The second kappa shape index (κ2) is 12.0. The van der Waals surface area contributed by atoms with Gasteiger partial charge in [0.2, 0.25) is 5.91 Å². The lowest BCUT2D eigenvalue weighted by atomic mass is 9.84. The van der Waals surface area contributed by atoms with E-state index in [9.17, 15) is 4.79 Å². The summed E-state index contributed by atoms with van der Waals surface area (Å²) in [4.78, 5) is 18.5. The Balaban J connectivity index is 0.00000484. The Morgan fingerprint density at radius 3 is 2.52 bits per heavy atom. The molecule has 0 heterocycles. The molecule has 0 aromatic heterocycles. The maximum Gasteiger partial charge on any atom is 0.230 e. The van der Waals surface area contributed by atoms with Crippen molar-refractivity contribution in [1.29, 1.82) is 0 Å². The lowest BCUT2D eigenvalue weighted by molar-refractivity contribution is -0.138. The molecule has 0 bridgehead atoms. The van der Waals surface area contributed by atoms with E-state index in [1.54, 1.807) is 11.9 Å². The smallest absolute Gasteiger partial charge is 0.230 e. The van der Waals surface area contributed by atoms with Gasteiger partial charge in [0, 0.05) is 45.7 Å². The third kappa shape index (κ3) is 7.32. The molecule has 7 heteroatoms. The summed E-state index contributed by atoms with van der Waals surface area (Å²) in [7, 11) is 5.44. The average molecular weight is 454 g/mol. The molecule has 0 aromatic rings. The van der Waals surface area contributed by atoms with Crippen molar-refractivity contribution in [2.45, 2.75) is 25.7 Å². The molecule has 5 nitrogen and oxygen atoms in total. The van der Waals surface area contributed by atoms with Crippen LogP contribution in [0, 0.1) is 5.41 Å². The number of guanidine groups is 1. The fourth-order valence-electron chi connectivity index (χ4n) is 2.87. The minimum absolute atomic E-state index is 0. The van der Waals surface area contributed by atoms with Gasteiger partial charge >= 0.3 is 0 Å². The first-order chi connectivity index (χ1) is 10.6. The molecule has 1 amide bonds. The van der Waals surface area contributed by atoms with Crippen molar-refractivity contribution in [2.24, 2.45) is 10.4 Å². The summed E-state index contributed by atoms with van der Waals surface area (Å²) in [5.74, 6) is 2.98. The number of hydrogen-bond donors (Lipinski definition) is 2. The Hall–Kier alpha value is -0.440. The minimum Gasteiger partial charge on any atom is -0.356 e. The molecule has 0 saturated heterocycles. The summed E-state index contributed by atoms with van der Waals surface area (Å²) >= 11 is 1.83. The fraction of sp³-hybridized carbons (Fsp3) is 0.750. The van der Waals surface area contributed by atoms with Crippen LogP contribution in [-0.4, -0.2) is 62.5 Å². The number of rotatable bonds is 8. The standard InChI is InChI=1S/C16H30N4OS.HI/c1-5-11-22-12-10-18-15(17-2)19-13-16(8-6-7-9-16)14(21)20(3)4;/h5H,1,6-13H2,2-4H3,(H2,17,18,19);1H. The lowest BCUT2D eigenvalue weighted by Gasteiger charge is -2.31. The zero-order valence-corrected chi connectivity index (χ0v) is 17.7. The van der Waals surface area contributed by atoms with Crippen LogP contribution >= 0.6 is 35.7 Å². The van der Waals surface area contributed by atoms with E-state index in [0.717, 1.165) is 49.7 Å². The molecule has 1 saturated carbocycles. The maximum absolute atomic E-state index is 12.5. The Bertz CT molecular complexity index is 396. The second-order valence-corrected chi connectivity index (χ2v) is 7.05. The van der Waals surface area contributed by atoms with E-state index in [2.05, 4.69) is 22.2 Å². The number of carbonyl (C=O) groups is 1. The number of nitrogens with one attached hydrogen (secondary N) is 2. The zero-order valence-electron chi connectivity index (χ0n) is 14.6. The largest absolute Gasteiger partial charge is 0.356 e. The Morgan fingerprint density at radius 1 is 1.35 bits per heavy atom. The third-order valence-corrected chi connectivity index (χ3v) is 4.98. The van der Waals surface area contributed by atoms with Gasteiger partial charge in [-0.3, -0.25) is 9.79 Å². The molecule has 0 aliphatic heterocycles. The van der Waals surface area contributed by atoms with Gasteiger partial charge in [-0.2, -0.15) is 11.8 Å². The van der Waals surface area contributed by atoms with Crippen molar-refractivity contribution in [1.82, 2.24) is 15.5 Å². The molecule has 0 atom stereocenters. The molecule has 0 unspecified atom stereocenters.